The Labute approximate surface area is 321 Å². The SMILES string of the molecule is CC(CCC(=O)O)(c1ccc(O)cc1)c1ccc(O)cc1.CC(c1ccccc1)(c1ccc(O)c(-c2ccccc2)c1)c1ccc(O)c(-c2ccccc2)c1. The molecule has 0 aromatic heterocycles. The summed E-state index contributed by atoms with van der Waals surface area (Å²) in [5.41, 5.74) is 7.59. The third-order valence-electron chi connectivity index (χ3n) is 10.5. The molecule has 0 saturated carbocycles. The van der Waals surface area contributed by atoms with E-state index in [1.165, 1.54) is 0 Å². The molecule has 0 unspecified atom stereocenters. The third kappa shape index (κ3) is 8.40. The number of phenolic OH excluding ortho intramolecular Hbond substituents is 4. The van der Waals surface area contributed by atoms with E-state index >= 15 is 0 Å². The lowest BCUT2D eigenvalue weighted by Gasteiger charge is -2.33. The van der Waals surface area contributed by atoms with Gasteiger partial charge in [0.25, 0.3) is 0 Å². The molecular formula is C49H44O6. The maximum atomic E-state index is 10.9. The van der Waals surface area contributed by atoms with E-state index in [0.29, 0.717) is 6.42 Å². The molecule has 0 amide bonds. The summed E-state index contributed by atoms with van der Waals surface area (Å²) in [6.45, 7) is 4.17. The lowest BCUT2D eigenvalue weighted by atomic mass is 9.70. The topological polar surface area (TPSA) is 118 Å². The molecule has 0 heterocycles. The van der Waals surface area contributed by atoms with Crippen LogP contribution in [0.1, 0.15) is 54.5 Å². The smallest absolute Gasteiger partial charge is 0.303 e. The number of hydrogen-bond acceptors (Lipinski definition) is 5. The van der Waals surface area contributed by atoms with Crippen LogP contribution in [0.3, 0.4) is 0 Å². The third-order valence-corrected chi connectivity index (χ3v) is 10.5. The van der Waals surface area contributed by atoms with Gasteiger partial charge in [-0.1, -0.05) is 134 Å². The van der Waals surface area contributed by atoms with E-state index in [-0.39, 0.29) is 29.4 Å². The number of rotatable bonds is 10. The number of hydrogen-bond donors (Lipinski definition) is 5. The zero-order valence-corrected chi connectivity index (χ0v) is 30.8. The van der Waals surface area contributed by atoms with Gasteiger partial charge < -0.3 is 25.5 Å². The molecule has 0 aliphatic carbocycles. The van der Waals surface area contributed by atoms with Gasteiger partial charge in [-0.3, -0.25) is 4.79 Å². The Kier molecular flexibility index (Phi) is 11.4. The summed E-state index contributed by atoms with van der Waals surface area (Å²) in [5, 5.41) is 49.2. The monoisotopic (exact) mass is 728 g/mol. The van der Waals surface area contributed by atoms with Crippen LogP contribution < -0.4 is 0 Å². The minimum Gasteiger partial charge on any atom is -0.508 e. The average molecular weight is 729 g/mol. The molecule has 0 atom stereocenters. The summed E-state index contributed by atoms with van der Waals surface area (Å²) in [7, 11) is 0. The molecule has 55 heavy (non-hydrogen) atoms. The standard InChI is InChI=1S/C32H26O2.C17H18O4/c1-32(25-15-9-4-10-16-25,26-17-19-30(33)28(21-26)23-11-5-2-6-12-23)27-18-20-31(34)29(22-27)24-13-7-3-8-14-24;1-17(11-10-16(20)21,12-2-6-14(18)7-3-12)13-4-8-15(19)9-5-13/h2-22,33-34H,1H3;2-9,18-19H,10-11H2,1H3,(H,20,21). The van der Waals surface area contributed by atoms with Crippen LogP contribution in [0.5, 0.6) is 23.0 Å². The highest BCUT2D eigenvalue weighted by Gasteiger charge is 2.33. The van der Waals surface area contributed by atoms with E-state index in [0.717, 1.165) is 50.1 Å². The fraction of sp³-hybridized carbons (Fsp3) is 0.122. The Balaban J connectivity index is 0.000000211. The number of carboxylic acids is 1. The second kappa shape index (κ2) is 16.5. The first kappa shape index (κ1) is 38.0. The van der Waals surface area contributed by atoms with Crippen molar-refractivity contribution in [3.63, 3.8) is 0 Å². The molecule has 5 N–H and O–H groups in total. The second-order valence-electron chi connectivity index (χ2n) is 14.0. The van der Waals surface area contributed by atoms with Crippen molar-refractivity contribution in [3.05, 3.63) is 204 Å². The first-order valence-corrected chi connectivity index (χ1v) is 18.1. The van der Waals surface area contributed by atoms with Gasteiger partial charge in [-0.15, -0.1) is 0 Å². The van der Waals surface area contributed by atoms with Crippen molar-refractivity contribution in [2.75, 3.05) is 0 Å². The van der Waals surface area contributed by atoms with Crippen LogP contribution in [-0.2, 0) is 15.6 Å². The number of carboxylic acid groups (broad SMARTS) is 1. The molecule has 0 radical (unpaired) electrons. The van der Waals surface area contributed by atoms with E-state index in [2.05, 4.69) is 31.2 Å². The predicted octanol–water partition coefficient (Wildman–Crippen LogP) is 11.1. The van der Waals surface area contributed by atoms with Gasteiger partial charge >= 0.3 is 5.97 Å². The molecular weight excluding hydrogens is 685 g/mol. The van der Waals surface area contributed by atoms with Crippen molar-refractivity contribution in [2.45, 2.75) is 37.5 Å². The minimum absolute atomic E-state index is 0.0399. The summed E-state index contributed by atoms with van der Waals surface area (Å²) in [4.78, 5) is 10.9. The number of carbonyl (C=O) groups is 1. The van der Waals surface area contributed by atoms with Crippen LogP contribution >= 0.6 is 0 Å². The molecule has 0 bridgehead atoms. The van der Waals surface area contributed by atoms with Crippen molar-refractivity contribution in [1.29, 1.82) is 0 Å². The van der Waals surface area contributed by atoms with Crippen LogP contribution in [0.4, 0.5) is 0 Å². The van der Waals surface area contributed by atoms with Crippen LogP contribution in [0.15, 0.2) is 176 Å². The van der Waals surface area contributed by atoms with Gasteiger partial charge in [0.05, 0.1) is 0 Å². The highest BCUT2D eigenvalue weighted by molar-refractivity contribution is 5.74. The Hall–Kier alpha value is -6.79. The largest absolute Gasteiger partial charge is 0.508 e. The molecule has 6 heteroatoms. The Morgan fingerprint density at radius 1 is 0.455 bits per heavy atom. The van der Waals surface area contributed by atoms with Gasteiger partial charge in [0.2, 0.25) is 0 Å². The number of aromatic hydroxyl groups is 4. The van der Waals surface area contributed by atoms with Gasteiger partial charge in [0.15, 0.2) is 0 Å². The summed E-state index contributed by atoms with van der Waals surface area (Å²) < 4.78 is 0. The number of benzene rings is 7. The van der Waals surface area contributed by atoms with Crippen molar-refractivity contribution < 1.29 is 30.3 Å². The molecule has 6 nitrogen and oxygen atoms in total. The van der Waals surface area contributed by atoms with E-state index in [9.17, 15) is 25.2 Å². The summed E-state index contributed by atoms with van der Waals surface area (Å²) in [6.07, 6.45) is 0.468. The zero-order valence-electron chi connectivity index (χ0n) is 30.8. The first-order chi connectivity index (χ1) is 26.5. The molecule has 7 rings (SSSR count). The molecule has 0 saturated heterocycles. The van der Waals surface area contributed by atoms with Crippen molar-refractivity contribution >= 4 is 5.97 Å². The molecule has 7 aromatic carbocycles. The van der Waals surface area contributed by atoms with Crippen molar-refractivity contribution in [2.24, 2.45) is 0 Å². The quantitative estimate of drug-likeness (QED) is 0.0895. The predicted molar refractivity (Wildman–Crippen MR) is 219 cm³/mol. The highest BCUT2D eigenvalue weighted by atomic mass is 16.4. The summed E-state index contributed by atoms with van der Waals surface area (Å²) >= 11 is 0. The lowest BCUT2D eigenvalue weighted by Crippen LogP contribution is -2.25. The highest BCUT2D eigenvalue weighted by Crippen LogP contribution is 2.44. The van der Waals surface area contributed by atoms with Crippen LogP contribution in [0.2, 0.25) is 0 Å². The molecule has 0 fully saturated rings. The van der Waals surface area contributed by atoms with Crippen molar-refractivity contribution in [1.82, 2.24) is 0 Å². The first-order valence-electron chi connectivity index (χ1n) is 18.1. The van der Waals surface area contributed by atoms with E-state index in [1.54, 1.807) is 60.7 Å². The number of phenols is 4. The fourth-order valence-corrected chi connectivity index (χ4v) is 7.13. The van der Waals surface area contributed by atoms with Gasteiger partial charge in [0.1, 0.15) is 23.0 Å². The normalized spacial score (nSPS) is 11.3. The average Bonchev–Trinajstić information content (AvgIpc) is 3.21. The van der Waals surface area contributed by atoms with E-state index in [4.69, 9.17) is 5.11 Å². The summed E-state index contributed by atoms with van der Waals surface area (Å²) in [6, 6.07) is 55.5. The fourth-order valence-electron chi connectivity index (χ4n) is 7.13. The van der Waals surface area contributed by atoms with Crippen LogP contribution in [0, 0.1) is 0 Å². The molecule has 0 aliphatic heterocycles. The minimum atomic E-state index is -0.848. The van der Waals surface area contributed by atoms with Crippen molar-refractivity contribution in [3.8, 4) is 45.3 Å². The van der Waals surface area contributed by atoms with Gasteiger partial charge in [-0.2, -0.15) is 0 Å². The van der Waals surface area contributed by atoms with E-state index < -0.39 is 16.8 Å². The Morgan fingerprint density at radius 3 is 1.20 bits per heavy atom. The second-order valence-corrected chi connectivity index (χ2v) is 14.0. The van der Waals surface area contributed by atoms with Gasteiger partial charge in [-0.05, 0) is 101 Å². The molecule has 0 spiro atoms. The Bertz CT molecular complexity index is 2200. The lowest BCUT2D eigenvalue weighted by molar-refractivity contribution is -0.137. The number of aliphatic carboxylic acids is 1. The van der Waals surface area contributed by atoms with Crippen LogP contribution in [0.25, 0.3) is 22.3 Å². The van der Waals surface area contributed by atoms with Gasteiger partial charge in [-0.25, -0.2) is 0 Å². The molecule has 7 aromatic rings. The zero-order chi connectivity index (χ0) is 39.0. The maximum absolute atomic E-state index is 10.9. The summed E-state index contributed by atoms with van der Waals surface area (Å²) in [5.74, 6) is -0.00375. The van der Waals surface area contributed by atoms with Gasteiger partial charge in [0, 0.05) is 28.4 Å². The van der Waals surface area contributed by atoms with Crippen LogP contribution in [-0.4, -0.2) is 31.5 Å². The van der Waals surface area contributed by atoms with E-state index in [1.807, 2.05) is 97.9 Å². The molecule has 0 aliphatic rings. The molecule has 276 valence electrons. The maximum Gasteiger partial charge on any atom is 0.303 e. The Morgan fingerprint density at radius 2 is 0.818 bits per heavy atom.